The van der Waals surface area contributed by atoms with Gasteiger partial charge in [0.05, 0.1) is 7.11 Å². The van der Waals surface area contributed by atoms with Crippen LogP contribution < -0.4 is 14.8 Å². The summed E-state index contributed by atoms with van der Waals surface area (Å²) in [4.78, 5) is 40.5. The number of hydrogen-bond donors (Lipinski definition) is 1. The van der Waals surface area contributed by atoms with Gasteiger partial charge in [-0.05, 0) is 31.9 Å². The van der Waals surface area contributed by atoms with Crippen molar-refractivity contribution in [2.45, 2.75) is 52.7 Å². The molecule has 0 saturated carbocycles. The molecule has 33 heavy (non-hydrogen) atoms. The van der Waals surface area contributed by atoms with Crippen molar-refractivity contribution in [2.24, 2.45) is 0 Å². The van der Waals surface area contributed by atoms with E-state index < -0.39 is 36.8 Å². The molecule has 2 rings (SSSR count). The third kappa shape index (κ3) is 6.93. The molecule has 2 aromatic rings. The Labute approximate surface area is 193 Å². The Bertz CT molecular complexity index is 993. The summed E-state index contributed by atoms with van der Waals surface area (Å²) in [6.45, 7) is 8.12. The highest BCUT2D eigenvalue weighted by atomic mass is 16.7. The smallest absolute Gasteiger partial charge is 0.328 e. The number of nitrogens with one attached hydrogen (secondary N) is 1. The standard InChI is InChI=1S/C24H30N2O7/c1-14-9-7-8-10-19(14)15(2)17(4)33-24(29)16(3)26-23(28)21-22(32-13-31-18(5)27)20(30-6)11-12-25-21/h7-12,15-17H,13H2,1-6H3,(H,26,28)/t15-,16+,17+/m1/s1. The van der Waals surface area contributed by atoms with E-state index in [2.05, 4.69) is 10.3 Å². The molecular formula is C24H30N2O7. The molecular weight excluding hydrogens is 428 g/mol. The molecule has 3 atom stereocenters. The van der Waals surface area contributed by atoms with E-state index in [4.69, 9.17) is 18.9 Å². The highest BCUT2D eigenvalue weighted by Gasteiger charge is 2.26. The Morgan fingerprint density at radius 3 is 2.42 bits per heavy atom. The number of hydrogen-bond acceptors (Lipinski definition) is 8. The van der Waals surface area contributed by atoms with E-state index in [1.807, 2.05) is 45.0 Å². The lowest BCUT2D eigenvalue weighted by Crippen LogP contribution is -2.41. The molecule has 0 aliphatic heterocycles. The SMILES string of the molecule is COc1ccnc(C(=O)N[C@@H](C)C(=O)O[C@@H](C)[C@@H](C)c2ccccc2C)c1OCOC(C)=O. The van der Waals surface area contributed by atoms with E-state index in [-0.39, 0.29) is 23.1 Å². The van der Waals surface area contributed by atoms with Crippen LogP contribution in [0.25, 0.3) is 0 Å². The number of benzene rings is 1. The van der Waals surface area contributed by atoms with E-state index in [0.717, 1.165) is 11.1 Å². The molecule has 178 valence electrons. The lowest BCUT2D eigenvalue weighted by molar-refractivity contribution is -0.151. The zero-order valence-electron chi connectivity index (χ0n) is 19.7. The van der Waals surface area contributed by atoms with Crippen molar-refractivity contribution in [2.75, 3.05) is 13.9 Å². The fourth-order valence-electron chi connectivity index (χ4n) is 3.13. The maximum absolute atomic E-state index is 12.8. The molecule has 9 nitrogen and oxygen atoms in total. The lowest BCUT2D eigenvalue weighted by atomic mass is 9.92. The summed E-state index contributed by atoms with van der Waals surface area (Å²) < 4.78 is 20.9. The summed E-state index contributed by atoms with van der Waals surface area (Å²) in [6.07, 6.45) is 0.956. The predicted octanol–water partition coefficient (Wildman–Crippen LogP) is 3.15. The Morgan fingerprint density at radius 1 is 1.09 bits per heavy atom. The van der Waals surface area contributed by atoms with Crippen molar-refractivity contribution in [3.05, 3.63) is 53.3 Å². The first-order chi connectivity index (χ1) is 15.6. The summed E-state index contributed by atoms with van der Waals surface area (Å²) in [7, 11) is 1.40. The van der Waals surface area contributed by atoms with Crippen molar-refractivity contribution in [3.8, 4) is 11.5 Å². The Hall–Kier alpha value is -3.62. The van der Waals surface area contributed by atoms with Gasteiger partial charge >= 0.3 is 11.9 Å². The third-order valence-corrected chi connectivity index (χ3v) is 5.16. The van der Waals surface area contributed by atoms with Crippen LogP contribution in [-0.2, 0) is 19.1 Å². The van der Waals surface area contributed by atoms with Crippen LogP contribution in [-0.4, -0.2) is 48.9 Å². The van der Waals surface area contributed by atoms with E-state index >= 15 is 0 Å². The molecule has 1 aromatic heterocycles. The number of rotatable bonds is 10. The average Bonchev–Trinajstić information content (AvgIpc) is 2.78. The maximum Gasteiger partial charge on any atom is 0.328 e. The van der Waals surface area contributed by atoms with Gasteiger partial charge in [0.15, 0.2) is 17.2 Å². The second-order valence-corrected chi connectivity index (χ2v) is 7.57. The van der Waals surface area contributed by atoms with Crippen LogP contribution in [0.15, 0.2) is 36.5 Å². The van der Waals surface area contributed by atoms with E-state index in [0.29, 0.717) is 0 Å². The molecule has 0 saturated heterocycles. The molecule has 9 heteroatoms. The summed E-state index contributed by atoms with van der Waals surface area (Å²) in [5.41, 5.74) is 2.08. The van der Waals surface area contributed by atoms with E-state index in [9.17, 15) is 14.4 Å². The van der Waals surface area contributed by atoms with Crippen molar-refractivity contribution >= 4 is 17.8 Å². The molecule has 0 spiro atoms. The van der Waals surface area contributed by atoms with Crippen molar-refractivity contribution < 1.29 is 33.3 Å². The molecule has 1 aromatic carbocycles. The molecule has 1 N–H and O–H groups in total. The summed E-state index contributed by atoms with van der Waals surface area (Å²) in [6, 6.07) is 8.45. The number of methoxy groups -OCH3 is 1. The first-order valence-electron chi connectivity index (χ1n) is 10.5. The zero-order valence-corrected chi connectivity index (χ0v) is 19.7. The van der Waals surface area contributed by atoms with Gasteiger partial charge in [-0.25, -0.2) is 9.78 Å². The van der Waals surface area contributed by atoms with Gasteiger partial charge in [0.25, 0.3) is 5.91 Å². The maximum atomic E-state index is 12.8. The summed E-state index contributed by atoms with van der Waals surface area (Å²) in [5.74, 6) is -1.62. The predicted molar refractivity (Wildman–Crippen MR) is 120 cm³/mol. The van der Waals surface area contributed by atoms with Crippen LogP contribution in [0.4, 0.5) is 0 Å². The average molecular weight is 459 g/mol. The molecule has 0 aliphatic carbocycles. The van der Waals surface area contributed by atoms with Gasteiger partial charge in [-0.2, -0.15) is 0 Å². The minimum atomic E-state index is -0.946. The second-order valence-electron chi connectivity index (χ2n) is 7.57. The first kappa shape index (κ1) is 25.6. The molecule has 1 heterocycles. The topological polar surface area (TPSA) is 113 Å². The monoisotopic (exact) mass is 458 g/mol. The number of aryl methyl sites for hydroxylation is 1. The van der Waals surface area contributed by atoms with E-state index in [1.165, 1.54) is 33.2 Å². The normalized spacial score (nSPS) is 13.3. The number of carbonyl (C=O) groups excluding carboxylic acids is 3. The van der Waals surface area contributed by atoms with Crippen molar-refractivity contribution in [3.63, 3.8) is 0 Å². The second kappa shape index (κ2) is 11.8. The fraction of sp³-hybridized carbons (Fsp3) is 0.417. The number of aromatic nitrogens is 1. The van der Waals surface area contributed by atoms with Gasteiger partial charge in [0.2, 0.25) is 6.79 Å². The van der Waals surface area contributed by atoms with Gasteiger partial charge < -0.3 is 24.3 Å². The van der Waals surface area contributed by atoms with Crippen LogP contribution >= 0.6 is 0 Å². The fourth-order valence-corrected chi connectivity index (χ4v) is 3.13. The minimum Gasteiger partial charge on any atom is -0.493 e. The summed E-state index contributed by atoms with van der Waals surface area (Å²) >= 11 is 0. The highest BCUT2D eigenvalue weighted by Crippen LogP contribution is 2.29. The quantitative estimate of drug-likeness (QED) is 0.427. The third-order valence-electron chi connectivity index (χ3n) is 5.16. The van der Waals surface area contributed by atoms with E-state index in [1.54, 1.807) is 0 Å². The lowest BCUT2D eigenvalue weighted by Gasteiger charge is -2.24. The van der Waals surface area contributed by atoms with Crippen LogP contribution in [0.2, 0.25) is 0 Å². The van der Waals surface area contributed by atoms with Crippen LogP contribution in [0.5, 0.6) is 11.5 Å². The van der Waals surface area contributed by atoms with Gasteiger partial charge in [-0.3, -0.25) is 9.59 Å². The number of amides is 1. The van der Waals surface area contributed by atoms with Crippen molar-refractivity contribution in [1.82, 2.24) is 10.3 Å². The molecule has 1 amide bonds. The number of pyridine rings is 1. The van der Waals surface area contributed by atoms with Crippen LogP contribution in [0.1, 0.15) is 55.2 Å². The van der Waals surface area contributed by atoms with Gasteiger partial charge in [0, 0.05) is 25.1 Å². The number of ether oxygens (including phenoxy) is 4. The van der Waals surface area contributed by atoms with Gasteiger partial charge in [-0.15, -0.1) is 0 Å². The number of carbonyl (C=O) groups is 3. The number of nitrogens with zero attached hydrogens (tertiary/aromatic N) is 1. The molecule has 0 radical (unpaired) electrons. The van der Waals surface area contributed by atoms with Gasteiger partial charge in [0.1, 0.15) is 12.1 Å². The molecule has 0 aliphatic rings. The molecule has 0 unspecified atom stereocenters. The highest BCUT2D eigenvalue weighted by molar-refractivity contribution is 5.98. The Kier molecular flexibility index (Phi) is 9.20. The molecule has 0 fully saturated rings. The largest absolute Gasteiger partial charge is 0.493 e. The summed E-state index contributed by atoms with van der Waals surface area (Å²) in [5, 5.41) is 2.56. The Balaban J connectivity index is 2.06. The van der Waals surface area contributed by atoms with Crippen LogP contribution in [0, 0.1) is 6.92 Å². The van der Waals surface area contributed by atoms with Crippen molar-refractivity contribution in [1.29, 1.82) is 0 Å². The van der Waals surface area contributed by atoms with Gasteiger partial charge in [-0.1, -0.05) is 31.2 Å². The first-order valence-corrected chi connectivity index (χ1v) is 10.5. The Morgan fingerprint density at radius 2 is 1.79 bits per heavy atom. The number of esters is 2. The van der Waals surface area contributed by atoms with Crippen LogP contribution in [0.3, 0.4) is 0 Å². The minimum absolute atomic E-state index is 0.0131. The zero-order chi connectivity index (χ0) is 24.5. The molecule has 0 bridgehead atoms.